The number of nitro benzene ring substituents is 1. The number of ketones is 1. The number of thiazole rings is 1. The van der Waals surface area contributed by atoms with Gasteiger partial charge < -0.3 is 9.84 Å². The van der Waals surface area contributed by atoms with Gasteiger partial charge in [0.15, 0.2) is 5.13 Å². The Balaban J connectivity index is 1.73. The van der Waals surface area contributed by atoms with Crippen molar-refractivity contribution >= 4 is 49.8 Å². The van der Waals surface area contributed by atoms with E-state index in [4.69, 9.17) is 4.74 Å². The molecule has 10 heteroatoms. The third-order valence-electron chi connectivity index (χ3n) is 6.56. The van der Waals surface area contributed by atoms with Crippen LogP contribution >= 0.6 is 11.3 Å². The maximum Gasteiger partial charge on any atom is 0.301 e. The van der Waals surface area contributed by atoms with Crippen molar-refractivity contribution in [3.8, 4) is 5.75 Å². The van der Waals surface area contributed by atoms with Crippen LogP contribution in [0.2, 0.25) is 0 Å². The van der Waals surface area contributed by atoms with Crippen molar-refractivity contribution in [2.75, 3.05) is 12.0 Å². The van der Waals surface area contributed by atoms with E-state index in [1.807, 2.05) is 26.0 Å². The molecule has 3 aromatic carbocycles. The Kier molecular flexibility index (Phi) is 6.20. The van der Waals surface area contributed by atoms with Gasteiger partial charge >= 0.3 is 5.91 Å². The standard InChI is InChI=1S/C28H23N3O6S/c1-14-11-16(3)23-21(12-14)38-28(29-23)30-24(17-5-8-19(9-6-17)31(35)36)22(26(33)27(30)34)25(32)18-7-10-20(37-4)15(2)13-18/h5-13,24,32H,1-4H3/b25-22+. The Morgan fingerprint density at radius 3 is 2.39 bits per heavy atom. The third kappa shape index (κ3) is 4.08. The van der Waals surface area contributed by atoms with Crippen LogP contribution in [0, 0.1) is 30.9 Å². The number of hydrogen-bond acceptors (Lipinski definition) is 8. The Hall–Kier alpha value is -4.57. The van der Waals surface area contributed by atoms with Gasteiger partial charge in [0.05, 0.1) is 33.9 Å². The van der Waals surface area contributed by atoms with E-state index in [9.17, 15) is 24.8 Å². The SMILES string of the molecule is COc1ccc(/C(O)=C2\C(=O)C(=O)N(c3nc4c(C)cc(C)cc4s3)C2c2ccc([N+](=O)[O-])cc2)cc1C. The highest BCUT2D eigenvalue weighted by atomic mass is 32.1. The molecule has 1 aliphatic heterocycles. The Morgan fingerprint density at radius 2 is 1.76 bits per heavy atom. The second kappa shape index (κ2) is 9.38. The van der Waals surface area contributed by atoms with Crippen LogP contribution in [0.4, 0.5) is 10.8 Å². The van der Waals surface area contributed by atoms with Crippen LogP contribution in [0.5, 0.6) is 5.75 Å². The van der Waals surface area contributed by atoms with Crippen molar-refractivity contribution in [3.63, 3.8) is 0 Å². The number of hydrogen-bond donors (Lipinski definition) is 1. The summed E-state index contributed by atoms with van der Waals surface area (Å²) in [5, 5.41) is 22.9. The van der Waals surface area contributed by atoms with Gasteiger partial charge in [-0.25, -0.2) is 4.98 Å². The molecule has 0 spiro atoms. The number of non-ortho nitro benzene ring substituents is 1. The van der Waals surface area contributed by atoms with E-state index >= 15 is 0 Å². The fourth-order valence-electron chi connectivity index (χ4n) is 4.77. The summed E-state index contributed by atoms with van der Waals surface area (Å²) in [6, 6.07) is 13.4. The first kappa shape index (κ1) is 25.1. The van der Waals surface area contributed by atoms with Crippen molar-refractivity contribution in [2.45, 2.75) is 26.8 Å². The number of aromatic nitrogens is 1. The van der Waals surface area contributed by atoms with E-state index in [-0.39, 0.29) is 17.0 Å². The average molecular weight is 530 g/mol. The highest BCUT2D eigenvalue weighted by Crippen LogP contribution is 2.45. The lowest BCUT2D eigenvalue weighted by Gasteiger charge is -2.23. The lowest BCUT2D eigenvalue weighted by atomic mass is 9.94. The first-order chi connectivity index (χ1) is 18.1. The van der Waals surface area contributed by atoms with Crippen LogP contribution in [0.25, 0.3) is 16.0 Å². The number of ether oxygens (including phenoxy) is 1. The summed E-state index contributed by atoms with van der Waals surface area (Å²) in [5.41, 5.74) is 3.91. The number of carbonyl (C=O) groups excluding carboxylic acids is 2. The number of nitrogens with zero attached hydrogens (tertiary/aromatic N) is 3. The molecule has 1 aliphatic rings. The summed E-state index contributed by atoms with van der Waals surface area (Å²) in [6.07, 6.45) is 0. The second-order valence-electron chi connectivity index (χ2n) is 9.13. The highest BCUT2D eigenvalue weighted by Gasteiger charge is 2.48. The molecule has 9 nitrogen and oxygen atoms in total. The number of fused-ring (bicyclic) bond motifs is 1. The van der Waals surface area contributed by atoms with Gasteiger partial charge in [-0.05, 0) is 79.4 Å². The number of anilines is 1. The topological polar surface area (TPSA) is 123 Å². The predicted molar refractivity (Wildman–Crippen MR) is 145 cm³/mol. The fourth-order valence-corrected chi connectivity index (χ4v) is 5.94. The van der Waals surface area contributed by atoms with Crippen LogP contribution in [0.3, 0.4) is 0 Å². The Labute approximate surface area is 221 Å². The number of benzene rings is 3. The minimum Gasteiger partial charge on any atom is -0.507 e. The van der Waals surface area contributed by atoms with Gasteiger partial charge in [-0.1, -0.05) is 17.4 Å². The van der Waals surface area contributed by atoms with Crippen LogP contribution < -0.4 is 9.64 Å². The number of rotatable bonds is 5. The number of aliphatic hydroxyl groups excluding tert-OH is 1. The van der Waals surface area contributed by atoms with Crippen LogP contribution in [0.15, 0.2) is 60.2 Å². The molecule has 1 unspecified atom stereocenters. The quantitative estimate of drug-likeness (QED) is 0.115. The molecular weight excluding hydrogens is 506 g/mol. The molecular formula is C28H23N3O6S. The number of aliphatic hydroxyl groups is 1. The smallest absolute Gasteiger partial charge is 0.301 e. The zero-order valence-corrected chi connectivity index (χ0v) is 21.8. The van der Waals surface area contributed by atoms with Gasteiger partial charge in [-0.2, -0.15) is 0 Å². The molecule has 0 aliphatic carbocycles. The van der Waals surface area contributed by atoms with Gasteiger partial charge in [0, 0.05) is 17.7 Å². The number of amides is 1. The van der Waals surface area contributed by atoms with E-state index < -0.39 is 22.7 Å². The molecule has 4 aromatic rings. The third-order valence-corrected chi connectivity index (χ3v) is 7.56. The van der Waals surface area contributed by atoms with Gasteiger partial charge in [0.1, 0.15) is 11.5 Å². The molecule has 192 valence electrons. The van der Waals surface area contributed by atoms with E-state index in [1.165, 1.54) is 47.6 Å². The molecule has 1 aromatic heterocycles. The molecule has 1 atom stereocenters. The van der Waals surface area contributed by atoms with Crippen molar-refractivity contribution in [2.24, 2.45) is 0 Å². The van der Waals surface area contributed by atoms with Gasteiger partial charge in [0.2, 0.25) is 0 Å². The van der Waals surface area contributed by atoms with E-state index in [1.54, 1.807) is 25.1 Å². The molecule has 0 saturated carbocycles. The van der Waals surface area contributed by atoms with Crippen molar-refractivity contribution in [3.05, 3.63) is 98.1 Å². The number of carbonyl (C=O) groups is 2. The van der Waals surface area contributed by atoms with Crippen molar-refractivity contribution < 1.29 is 24.4 Å². The molecule has 1 saturated heterocycles. The summed E-state index contributed by atoms with van der Waals surface area (Å²) in [5.74, 6) is -1.46. The molecule has 0 radical (unpaired) electrons. The van der Waals surface area contributed by atoms with Gasteiger partial charge in [0.25, 0.3) is 11.5 Å². The zero-order valence-electron chi connectivity index (χ0n) is 21.0. The number of methoxy groups -OCH3 is 1. The summed E-state index contributed by atoms with van der Waals surface area (Å²) < 4.78 is 6.15. The molecule has 38 heavy (non-hydrogen) atoms. The summed E-state index contributed by atoms with van der Waals surface area (Å²) in [6.45, 7) is 5.69. The molecule has 1 amide bonds. The molecule has 0 bridgehead atoms. The first-order valence-corrected chi connectivity index (χ1v) is 12.5. The van der Waals surface area contributed by atoms with Gasteiger partial charge in [-0.3, -0.25) is 24.6 Å². The van der Waals surface area contributed by atoms with Crippen molar-refractivity contribution in [1.82, 2.24) is 4.98 Å². The van der Waals surface area contributed by atoms with Crippen LogP contribution in [-0.2, 0) is 9.59 Å². The van der Waals surface area contributed by atoms with Crippen LogP contribution in [0.1, 0.15) is 33.9 Å². The lowest BCUT2D eigenvalue weighted by Crippen LogP contribution is -2.29. The molecule has 1 N–H and O–H groups in total. The maximum absolute atomic E-state index is 13.5. The minimum absolute atomic E-state index is 0.124. The monoisotopic (exact) mass is 529 g/mol. The largest absolute Gasteiger partial charge is 0.507 e. The molecule has 2 heterocycles. The van der Waals surface area contributed by atoms with Crippen molar-refractivity contribution in [1.29, 1.82) is 0 Å². The number of aryl methyl sites for hydroxylation is 3. The van der Waals surface area contributed by atoms with Gasteiger partial charge in [-0.15, -0.1) is 0 Å². The van der Waals surface area contributed by atoms with E-state index in [2.05, 4.69) is 4.98 Å². The minimum atomic E-state index is -1.04. The predicted octanol–water partition coefficient (Wildman–Crippen LogP) is 5.76. The normalized spacial score (nSPS) is 16.8. The van der Waals surface area contributed by atoms with E-state index in [0.29, 0.717) is 27.5 Å². The second-order valence-corrected chi connectivity index (χ2v) is 10.1. The molecule has 5 rings (SSSR count). The molecule has 1 fully saturated rings. The van der Waals surface area contributed by atoms with E-state index in [0.717, 1.165) is 21.4 Å². The zero-order chi connectivity index (χ0) is 27.3. The summed E-state index contributed by atoms with van der Waals surface area (Å²) in [7, 11) is 1.53. The average Bonchev–Trinajstić information content (AvgIpc) is 3.42. The number of nitro groups is 1. The highest BCUT2D eigenvalue weighted by molar-refractivity contribution is 7.22. The Bertz CT molecular complexity index is 1670. The number of Topliss-reactive ketones (excluding diaryl/α,β-unsaturated/α-hetero) is 1. The maximum atomic E-state index is 13.5. The van der Waals surface area contributed by atoms with Crippen LogP contribution in [-0.4, -0.2) is 33.8 Å². The lowest BCUT2D eigenvalue weighted by molar-refractivity contribution is -0.384. The Morgan fingerprint density at radius 1 is 1.05 bits per heavy atom. The fraction of sp³-hybridized carbons (Fsp3) is 0.179. The first-order valence-electron chi connectivity index (χ1n) is 11.7. The summed E-state index contributed by atoms with van der Waals surface area (Å²) in [4.78, 5) is 43.6. The summed E-state index contributed by atoms with van der Waals surface area (Å²) >= 11 is 1.26.